The van der Waals surface area contributed by atoms with Crippen molar-refractivity contribution in [2.24, 2.45) is 5.92 Å². The number of carbonyl (C=O) groups is 7. The standard InChI is InChI=1S/C40H53N5O10/c1-6-23(2)34-37(50)43-31(21-33(47)55-40(3,4)5)36(49)42-30(38(51)52)17-11-12-20-41-32(46)19-18-29(35(48)45-34)44-39(53)54-22-28-26-15-9-7-13-24(26)25-14-8-10-16-27(25)28/h7-10,13-16,23,28-31,34H,6,11-12,17-22H2,1-5H3,(H,41,46)(H,42,49)(H,43,50)(H,44,53)(H,45,48)(H,51,52)/t23-,29-,30-,31-,34-/m0/s1. The fraction of sp³-hybridized carbons (Fsp3) is 0.525. The van der Waals surface area contributed by atoms with Gasteiger partial charge in [-0.1, -0.05) is 68.8 Å². The lowest BCUT2D eigenvalue weighted by atomic mass is 9.96. The quantitative estimate of drug-likeness (QED) is 0.216. The first-order chi connectivity index (χ1) is 26.1. The van der Waals surface area contributed by atoms with E-state index in [1.165, 1.54) is 0 Å². The largest absolute Gasteiger partial charge is 0.480 e. The van der Waals surface area contributed by atoms with Crippen LogP contribution >= 0.6 is 0 Å². The molecular formula is C40H53N5O10. The lowest BCUT2D eigenvalue weighted by molar-refractivity contribution is -0.156. The van der Waals surface area contributed by atoms with Gasteiger partial charge in [0.25, 0.3) is 0 Å². The summed E-state index contributed by atoms with van der Waals surface area (Å²) in [6.45, 7) is 8.57. The van der Waals surface area contributed by atoms with Crippen molar-refractivity contribution < 1.29 is 48.1 Å². The topological polar surface area (TPSA) is 218 Å². The third-order valence-corrected chi connectivity index (χ3v) is 9.69. The minimum absolute atomic E-state index is 0.0156. The van der Waals surface area contributed by atoms with Crippen molar-refractivity contribution in [1.29, 1.82) is 0 Å². The Balaban J connectivity index is 1.56. The zero-order valence-corrected chi connectivity index (χ0v) is 32.1. The third-order valence-electron chi connectivity index (χ3n) is 9.69. The Morgan fingerprint density at radius 3 is 2.11 bits per heavy atom. The molecule has 2 aliphatic rings. The van der Waals surface area contributed by atoms with E-state index in [-0.39, 0.29) is 38.3 Å². The van der Waals surface area contributed by atoms with Gasteiger partial charge >= 0.3 is 18.0 Å². The molecule has 0 spiro atoms. The number of carboxylic acids is 1. The maximum absolute atomic E-state index is 13.9. The maximum atomic E-state index is 13.9. The summed E-state index contributed by atoms with van der Waals surface area (Å²) in [5.74, 6) is -5.80. The van der Waals surface area contributed by atoms with E-state index in [2.05, 4.69) is 26.6 Å². The number of nitrogens with one attached hydrogen (secondary N) is 5. The normalized spacial score (nSPS) is 22.2. The highest BCUT2D eigenvalue weighted by Gasteiger charge is 2.36. The average molecular weight is 764 g/mol. The molecule has 1 aliphatic carbocycles. The van der Waals surface area contributed by atoms with Crippen LogP contribution in [0.25, 0.3) is 11.1 Å². The summed E-state index contributed by atoms with van der Waals surface area (Å²) in [6.07, 6.45) is -0.698. The molecule has 1 aliphatic heterocycles. The van der Waals surface area contributed by atoms with Crippen LogP contribution in [0.3, 0.4) is 0 Å². The lowest BCUT2D eigenvalue weighted by Crippen LogP contribution is -2.59. The fourth-order valence-electron chi connectivity index (χ4n) is 6.62. The Labute approximate surface area is 321 Å². The van der Waals surface area contributed by atoms with E-state index in [9.17, 15) is 38.7 Å². The van der Waals surface area contributed by atoms with Crippen LogP contribution in [0, 0.1) is 5.92 Å². The molecule has 0 saturated carbocycles. The summed E-state index contributed by atoms with van der Waals surface area (Å²) in [6, 6.07) is 10.2. The third kappa shape index (κ3) is 12.0. The molecule has 0 radical (unpaired) electrons. The van der Waals surface area contributed by atoms with Crippen molar-refractivity contribution in [2.45, 2.75) is 115 Å². The monoisotopic (exact) mass is 763 g/mol. The van der Waals surface area contributed by atoms with Crippen LogP contribution in [0.4, 0.5) is 4.79 Å². The molecule has 15 nitrogen and oxygen atoms in total. The van der Waals surface area contributed by atoms with Crippen LogP contribution in [-0.4, -0.2) is 89.7 Å². The van der Waals surface area contributed by atoms with Gasteiger partial charge in [-0.3, -0.25) is 24.0 Å². The highest BCUT2D eigenvalue weighted by molar-refractivity contribution is 5.96. The molecule has 0 unspecified atom stereocenters. The number of rotatable bonds is 8. The number of esters is 1. The second-order valence-corrected chi connectivity index (χ2v) is 15.0. The summed E-state index contributed by atoms with van der Waals surface area (Å²) < 4.78 is 11.1. The molecule has 0 aromatic heterocycles. The van der Waals surface area contributed by atoms with Crippen LogP contribution in [0.5, 0.6) is 0 Å². The number of benzene rings is 2. The molecular weight excluding hydrogens is 710 g/mol. The minimum atomic E-state index is -1.54. The lowest BCUT2D eigenvalue weighted by Gasteiger charge is -2.29. The number of ether oxygens (including phenoxy) is 2. The number of carboxylic acid groups (broad SMARTS) is 1. The van der Waals surface area contributed by atoms with Crippen molar-refractivity contribution in [3.8, 4) is 11.1 Å². The molecule has 0 bridgehead atoms. The smallest absolute Gasteiger partial charge is 0.407 e. The Morgan fingerprint density at radius 1 is 0.873 bits per heavy atom. The predicted octanol–water partition coefficient (Wildman–Crippen LogP) is 3.29. The highest BCUT2D eigenvalue weighted by Crippen LogP contribution is 2.44. The molecule has 2 aromatic carbocycles. The molecule has 1 saturated heterocycles. The van der Waals surface area contributed by atoms with E-state index in [4.69, 9.17) is 9.47 Å². The van der Waals surface area contributed by atoms with Crippen LogP contribution in [0.2, 0.25) is 0 Å². The number of carbonyl (C=O) groups excluding carboxylic acids is 6. The summed E-state index contributed by atoms with van der Waals surface area (Å²) in [7, 11) is 0. The molecule has 1 heterocycles. The summed E-state index contributed by atoms with van der Waals surface area (Å²) >= 11 is 0. The van der Waals surface area contributed by atoms with Crippen molar-refractivity contribution >= 4 is 41.7 Å². The van der Waals surface area contributed by atoms with Gasteiger partial charge < -0.3 is 41.2 Å². The van der Waals surface area contributed by atoms with Crippen molar-refractivity contribution in [2.75, 3.05) is 13.2 Å². The molecule has 1 fully saturated rings. The molecule has 5 atom stereocenters. The SMILES string of the molecule is CC[C@H](C)[C@@H]1NC(=O)[C@@H](NC(=O)OCC2c3ccccc3-c3ccccc32)CCC(=O)NCCCC[C@@H](C(=O)O)NC(=O)[C@H](CC(=O)OC(C)(C)C)NC1=O. The summed E-state index contributed by atoms with van der Waals surface area (Å²) in [4.78, 5) is 92.3. The minimum Gasteiger partial charge on any atom is -0.480 e. The van der Waals surface area contributed by atoms with E-state index >= 15 is 0 Å². The van der Waals surface area contributed by atoms with Crippen LogP contribution in [-0.2, 0) is 38.2 Å². The summed E-state index contributed by atoms with van der Waals surface area (Å²) in [5, 5.41) is 22.7. The first-order valence-corrected chi connectivity index (χ1v) is 18.8. The maximum Gasteiger partial charge on any atom is 0.407 e. The van der Waals surface area contributed by atoms with Gasteiger partial charge in [0.1, 0.15) is 36.4 Å². The molecule has 5 amide bonds. The molecule has 6 N–H and O–H groups in total. The Morgan fingerprint density at radius 2 is 1.51 bits per heavy atom. The molecule has 298 valence electrons. The first-order valence-electron chi connectivity index (χ1n) is 18.8. The zero-order valence-electron chi connectivity index (χ0n) is 32.1. The van der Waals surface area contributed by atoms with Gasteiger partial charge in [0.2, 0.25) is 23.6 Å². The molecule has 2 aromatic rings. The van der Waals surface area contributed by atoms with E-state index in [0.29, 0.717) is 19.3 Å². The Kier molecular flexibility index (Phi) is 14.8. The van der Waals surface area contributed by atoms with Crippen LogP contribution in [0.1, 0.15) is 96.6 Å². The number of hydrogen-bond donors (Lipinski definition) is 6. The highest BCUT2D eigenvalue weighted by atomic mass is 16.6. The van der Waals surface area contributed by atoms with Crippen molar-refractivity contribution in [3.63, 3.8) is 0 Å². The first kappa shape index (κ1) is 42.3. The van der Waals surface area contributed by atoms with Gasteiger partial charge in [-0.05, 0) is 74.6 Å². The zero-order chi connectivity index (χ0) is 40.3. The number of alkyl carbamates (subject to hydrolysis) is 1. The van der Waals surface area contributed by atoms with Crippen molar-refractivity contribution in [3.05, 3.63) is 59.7 Å². The fourth-order valence-corrected chi connectivity index (χ4v) is 6.62. The van der Waals surface area contributed by atoms with E-state index in [1.807, 2.05) is 48.5 Å². The van der Waals surface area contributed by atoms with Gasteiger partial charge in [-0.25, -0.2) is 9.59 Å². The average Bonchev–Trinajstić information content (AvgIpc) is 3.45. The predicted molar refractivity (Wildman–Crippen MR) is 201 cm³/mol. The van der Waals surface area contributed by atoms with Gasteiger partial charge in [-0.2, -0.15) is 0 Å². The van der Waals surface area contributed by atoms with Gasteiger partial charge in [0.15, 0.2) is 0 Å². The molecule has 4 rings (SSSR count). The van der Waals surface area contributed by atoms with E-state index in [1.54, 1.807) is 34.6 Å². The second kappa shape index (κ2) is 19.2. The molecule has 15 heteroatoms. The number of hydrogen-bond acceptors (Lipinski definition) is 9. The summed E-state index contributed by atoms with van der Waals surface area (Å²) in [5.41, 5.74) is 3.18. The Bertz CT molecular complexity index is 1690. The Hall–Kier alpha value is -5.47. The van der Waals surface area contributed by atoms with Crippen LogP contribution < -0.4 is 26.6 Å². The number of amides is 5. The van der Waals surface area contributed by atoms with Gasteiger partial charge in [0, 0.05) is 18.9 Å². The molecule has 55 heavy (non-hydrogen) atoms. The van der Waals surface area contributed by atoms with E-state index < -0.39 is 83.8 Å². The van der Waals surface area contributed by atoms with Gasteiger partial charge in [-0.15, -0.1) is 0 Å². The number of aliphatic carboxylic acids is 1. The number of fused-ring (bicyclic) bond motifs is 3. The van der Waals surface area contributed by atoms with E-state index in [0.717, 1.165) is 22.3 Å². The van der Waals surface area contributed by atoms with Crippen molar-refractivity contribution in [1.82, 2.24) is 26.6 Å². The van der Waals surface area contributed by atoms with Crippen LogP contribution in [0.15, 0.2) is 48.5 Å². The van der Waals surface area contributed by atoms with Gasteiger partial charge in [0.05, 0.1) is 6.42 Å². The second-order valence-electron chi connectivity index (χ2n) is 15.0.